The van der Waals surface area contributed by atoms with E-state index in [9.17, 15) is 0 Å². The van der Waals surface area contributed by atoms with Gasteiger partial charge in [0, 0.05) is 0 Å². The zero-order valence-corrected chi connectivity index (χ0v) is 7.58. The van der Waals surface area contributed by atoms with Crippen molar-refractivity contribution in [1.82, 2.24) is 0 Å². The number of benzene rings is 1. The van der Waals surface area contributed by atoms with Crippen molar-refractivity contribution in [3.05, 3.63) is 29.3 Å². The lowest BCUT2D eigenvalue weighted by Crippen LogP contribution is -2.02. The molecule has 71 valence electrons. The van der Waals surface area contributed by atoms with Gasteiger partial charge in [0.05, 0.1) is 13.2 Å². The Morgan fingerprint density at radius 1 is 1.38 bits per heavy atom. The molecule has 0 aliphatic rings. The van der Waals surface area contributed by atoms with Gasteiger partial charge in [0.2, 0.25) is 0 Å². The van der Waals surface area contributed by atoms with Crippen LogP contribution in [0.1, 0.15) is 11.1 Å². The Balaban J connectivity index is 2.76. The Kier molecular flexibility index (Phi) is 3.73. The Morgan fingerprint density at radius 3 is 2.77 bits per heavy atom. The van der Waals surface area contributed by atoms with Gasteiger partial charge in [-0.15, -0.1) is 0 Å². The van der Waals surface area contributed by atoms with Gasteiger partial charge in [-0.2, -0.15) is 0 Å². The number of aliphatic hydroxyl groups is 2. The third-order valence-electron chi connectivity index (χ3n) is 1.56. The highest BCUT2D eigenvalue weighted by Crippen LogP contribution is 2.15. The second kappa shape index (κ2) is 4.84. The summed E-state index contributed by atoms with van der Waals surface area (Å²) in [6.45, 7) is 2.10. The molecule has 0 bridgehead atoms. The number of hydrogen-bond acceptors (Lipinski definition) is 3. The highest BCUT2D eigenvalue weighted by Gasteiger charge is 1.98. The van der Waals surface area contributed by atoms with Gasteiger partial charge in [0.15, 0.2) is 0 Å². The van der Waals surface area contributed by atoms with Crippen LogP contribution in [0.25, 0.3) is 0 Å². The molecule has 1 radical (unpaired) electrons. The van der Waals surface area contributed by atoms with Gasteiger partial charge in [0.25, 0.3) is 0 Å². The van der Waals surface area contributed by atoms with Crippen molar-refractivity contribution in [1.29, 1.82) is 0 Å². The summed E-state index contributed by atoms with van der Waals surface area (Å²) in [7, 11) is 0. The molecular formula is C10H13O3. The van der Waals surface area contributed by atoms with Crippen LogP contribution in [0.5, 0.6) is 5.75 Å². The quantitative estimate of drug-likeness (QED) is 0.717. The average molecular weight is 181 g/mol. The van der Waals surface area contributed by atoms with Crippen LogP contribution in [-0.2, 0) is 6.61 Å². The molecule has 13 heavy (non-hydrogen) atoms. The Hall–Kier alpha value is -1.06. The first kappa shape index (κ1) is 10.0. The largest absolute Gasteiger partial charge is 0.491 e. The molecule has 0 unspecified atom stereocenters. The third kappa shape index (κ3) is 3.05. The number of aliphatic hydroxyl groups excluding tert-OH is 2. The summed E-state index contributed by atoms with van der Waals surface area (Å²) in [5, 5.41) is 17.4. The van der Waals surface area contributed by atoms with Crippen molar-refractivity contribution >= 4 is 0 Å². The van der Waals surface area contributed by atoms with Crippen LogP contribution in [0.15, 0.2) is 12.1 Å². The maximum absolute atomic E-state index is 8.88. The molecule has 3 nitrogen and oxygen atoms in total. The molecule has 0 heterocycles. The van der Waals surface area contributed by atoms with E-state index in [1.54, 1.807) is 6.07 Å². The molecule has 0 fully saturated rings. The normalized spacial score (nSPS) is 10.1. The number of aryl methyl sites for hydroxylation is 1. The van der Waals surface area contributed by atoms with Gasteiger partial charge >= 0.3 is 0 Å². The van der Waals surface area contributed by atoms with E-state index < -0.39 is 0 Å². The molecule has 1 aromatic carbocycles. The van der Waals surface area contributed by atoms with Crippen LogP contribution in [0, 0.1) is 13.0 Å². The summed E-state index contributed by atoms with van der Waals surface area (Å²) < 4.78 is 5.20. The molecule has 0 atom stereocenters. The fourth-order valence-corrected chi connectivity index (χ4v) is 1.08. The third-order valence-corrected chi connectivity index (χ3v) is 1.56. The number of ether oxygens (including phenoxy) is 1. The average Bonchev–Trinajstić information content (AvgIpc) is 2.14. The molecule has 0 aliphatic heterocycles. The summed E-state index contributed by atoms with van der Waals surface area (Å²) in [6, 6.07) is 6.51. The molecule has 0 amide bonds. The molecule has 0 spiro atoms. The van der Waals surface area contributed by atoms with Crippen LogP contribution < -0.4 is 4.74 Å². The number of hydrogen-bond donors (Lipinski definition) is 2. The lowest BCUT2D eigenvalue weighted by molar-refractivity contribution is 0.201. The summed E-state index contributed by atoms with van der Waals surface area (Å²) in [5.41, 5.74) is 1.62. The van der Waals surface area contributed by atoms with Gasteiger partial charge in [-0.3, -0.25) is 0 Å². The van der Waals surface area contributed by atoms with Crippen molar-refractivity contribution < 1.29 is 14.9 Å². The van der Waals surface area contributed by atoms with Gasteiger partial charge in [0.1, 0.15) is 12.4 Å². The zero-order chi connectivity index (χ0) is 9.68. The molecular weight excluding hydrogens is 168 g/mol. The highest BCUT2D eigenvalue weighted by molar-refractivity contribution is 5.32. The lowest BCUT2D eigenvalue weighted by Gasteiger charge is -2.06. The minimum atomic E-state index is -0.0445. The fourth-order valence-electron chi connectivity index (χ4n) is 1.08. The fraction of sp³-hybridized carbons (Fsp3) is 0.400. The number of rotatable bonds is 4. The molecule has 3 heteroatoms. The Labute approximate surface area is 77.6 Å². The van der Waals surface area contributed by atoms with Crippen LogP contribution in [0.2, 0.25) is 0 Å². The Bertz CT molecular complexity index is 271. The van der Waals surface area contributed by atoms with Gasteiger partial charge < -0.3 is 14.9 Å². The van der Waals surface area contributed by atoms with E-state index in [1.165, 1.54) is 0 Å². The monoisotopic (exact) mass is 181 g/mol. The van der Waals surface area contributed by atoms with Crippen molar-refractivity contribution in [3.63, 3.8) is 0 Å². The van der Waals surface area contributed by atoms with Crippen molar-refractivity contribution in [2.45, 2.75) is 13.5 Å². The van der Waals surface area contributed by atoms with Crippen molar-refractivity contribution in [2.24, 2.45) is 0 Å². The summed E-state index contributed by atoms with van der Waals surface area (Å²) >= 11 is 0. The highest BCUT2D eigenvalue weighted by atomic mass is 16.5. The maximum Gasteiger partial charge on any atom is 0.120 e. The van der Waals surface area contributed by atoms with E-state index in [2.05, 4.69) is 6.07 Å². The van der Waals surface area contributed by atoms with Gasteiger partial charge in [-0.25, -0.2) is 0 Å². The van der Waals surface area contributed by atoms with Crippen LogP contribution in [0.3, 0.4) is 0 Å². The SMILES string of the molecule is Cc1[c]c(CO)cc(OCCO)c1. The van der Waals surface area contributed by atoms with Crippen LogP contribution in [0.4, 0.5) is 0 Å². The molecule has 1 rings (SSSR count). The topological polar surface area (TPSA) is 49.7 Å². The summed E-state index contributed by atoms with van der Waals surface area (Å²) in [6.07, 6.45) is 0. The van der Waals surface area contributed by atoms with E-state index in [4.69, 9.17) is 14.9 Å². The summed E-state index contributed by atoms with van der Waals surface area (Å²) in [4.78, 5) is 0. The van der Waals surface area contributed by atoms with Crippen molar-refractivity contribution in [2.75, 3.05) is 13.2 Å². The molecule has 0 aliphatic carbocycles. The standard InChI is InChI=1S/C10H13O3/c1-8-4-9(7-12)6-10(5-8)13-3-2-11/h5-6,11-12H,2-3,7H2,1H3. The van der Waals surface area contributed by atoms with E-state index >= 15 is 0 Å². The van der Waals surface area contributed by atoms with Crippen LogP contribution >= 0.6 is 0 Å². The first-order valence-corrected chi connectivity index (χ1v) is 4.13. The predicted molar refractivity (Wildman–Crippen MR) is 48.5 cm³/mol. The van der Waals surface area contributed by atoms with Crippen LogP contribution in [-0.4, -0.2) is 23.4 Å². The summed E-state index contributed by atoms with van der Waals surface area (Å²) in [5.74, 6) is 0.661. The Morgan fingerprint density at radius 2 is 2.15 bits per heavy atom. The second-order valence-corrected chi connectivity index (χ2v) is 2.75. The molecule has 0 saturated heterocycles. The van der Waals surface area contributed by atoms with E-state index in [0.29, 0.717) is 11.3 Å². The van der Waals surface area contributed by atoms with Gasteiger partial charge in [-0.05, 0) is 36.2 Å². The second-order valence-electron chi connectivity index (χ2n) is 2.75. The molecule has 0 aromatic heterocycles. The predicted octanol–water partition coefficient (Wildman–Crippen LogP) is 0.659. The first-order chi connectivity index (χ1) is 6.26. The van der Waals surface area contributed by atoms with Crippen molar-refractivity contribution in [3.8, 4) is 5.75 Å². The van der Waals surface area contributed by atoms with E-state index in [-0.39, 0.29) is 19.8 Å². The molecule has 0 saturated carbocycles. The van der Waals surface area contributed by atoms with E-state index in [0.717, 1.165) is 5.56 Å². The lowest BCUT2D eigenvalue weighted by atomic mass is 10.1. The zero-order valence-electron chi connectivity index (χ0n) is 7.58. The molecule has 1 aromatic rings. The molecule has 2 N–H and O–H groups in total. The smallest absolute Gasteiger partial charge is 0.120 e. The first-order valence-electron chi connectivity index (χ1n) is 4.13. The maximum atomic E-state index is 8.88. The minimum Gasteiger partial charge on any atom is -0.491 e. The van der Waals surface area contributed by atoms with E-state index in [1.807, 2.05) is 13.0 Å². The minimum absolute atomic E-state index is 0.00782. The van der Waals surface area contributed by atoms with Gasteiger partial charge in [-0.1, -0.05) is 0 Å².